The lowest BCUT2D eigenvalue weighted by atomic mass is 10.1. The average Bonchev–Trinajstić information content (AvgIpc) is 2.47. The standard InChI is InChI=1S/C11H13N/c1-2-12-11-7-9-5-3-4-6-10(9)8-11/h3-7,12H,2,8H2,1H3. The summed E-state index contributed by atoms with van der Waals surface area (Å²) in [6, 6.07) is 8.54. The summed E-state index contributed by atoms with van der Waals surface area (Å²) in [7, 11) is 0. The van der Waals surface area contributed by atoms with E-state index >= 15 is 0 Å². The van der Waals surface area contributed by atoms with Gasteiger partial charge in [-0.1, -0.05) is 24.3 Å². The quantitative estimate of drug-likeness (QED) is 0.697. The molecule has 1 aromatic carbocycles. The van der Waals surface area contributed by atoms with E-state index in [9.17, 15) is 0 Å². The Bertz CT molecular complexity index is 313. The second-order valence-corrected chi connectivity index (χ2v) is 3.08. The second-order valence-electron chi connectivity index (χ2n) is 3.08. The van der Waals surface area contributed by atoms with Crippen LogP contribution in [0, 0.1) is 0 Å². The number of benzene rings is 1. The van der Waals surface area contributed by atoms with Crippen LogP contribution in [0.5, 0.6) is 0 Å². The first kappa shape index (κ1) is 7.41. The highest BCUT2D eigenvalue weighted by molar-refractivity contribution is 5.62. The highest BCUT2D eigenvalue weighted by Crippen LogP contribution is 2.22. The summed E-state index contributed by atoms with van der Waals surface area (Å²) in [5.74, 6) is 0. The summed E-state index contributed by atoms with van der Waals surface area (Å²) in [5, 5.41) is 3.35. The van der Waals surface area contributed by atoms with Crippen molar-refractivity contribution in [3.63, 3.8) is 0 Å². The van der Waals surface area contributed by atoms with Crippen molar-refractivity contribution in [1.82, 2.24) is 5.32 Å². The minimum absolute atomic E-state index is 1.01. The third kappa shape index (κ3) is 1.22. The summed E-state index contributed by atoms with van der Waals surface area (Å²) in [5.41, 5.74) is 4.15. The first-order valence-corrected chi connectivity index (χ1v) is 4.42. The number of hydrogen-bond donors (Lipinski definition) is 1. The van der Waals surface area contributed by atoms with Crippen molar-refractivity contribution < 1.29 is 0 Å². The first-order valence-electron chi connectivity index (χ1n) is 4.42. The predicted molar refractivity (Wildman–Crippen MR) is 51.8 cm³/mol. The lowest BCUT2D eigenvalue weighted by molar-refractivity contribution is 0.835. The fourth-order valence-corrected chi connectivity index (χ4v) is 1.62. The molecule has 1 heteroatoms. The highest BCUT2D eigenvalue weighted by atomic mass is 14.9. The first-order chi connectivity index (χ1) is 5.90. The molecule has 1 nitrogen and oxygen atoms in total. The molecule has 1 aromatic rings. The summed E-state index contributed by atoms with van der Waals surface area (Å²) in [4.78, 5) is 0. The molecule has 0 aromatic heterocycles. The zero-order valence-corrected chi connectivity index (χ0v) is 7.30. The Hall–Kier alpha value is -1.24. The predicted octanol–water partition coefficient (Wildman–Crippen LogP) is 2.19. The van der Waals surface area contributed by atoms with Crippen LogP contribution in [0.4, 0.5) is 0 Å². The molecule has 0 amide bonds. The zero-order chi connectivity index (χ0) is 8.39. The lowest BCUT2D eigenvalue weighted by Gasteiger charge is -2.01. The third-order valence-corrected chi connectivity index (χ3v) is 2.17. The van der Waals surface area contributed by atoms with Crippen LogP contribution in [0.2, 0.25) is 0 Å². The smallest absolute Gasteiger partial charge is 0.0157 e. The Kier molecular flexibility index (Phi) is 1.86. The van der Waals surface area contributed by atoms with Crippen molar-refractivity contribution in [3.05, 3.63) is 41.1 Å². The van der Waals surface area contributed by atoms with E-state index in [0.717, 1.165) is 13.0 Å². The molecule has 0 radical (unpaired) electrons. The number of fused-ring (bicyclic) bond motifs is 1. The molecule has 0 unspecified atom stereocenters. The van der Waals surface area contributed by atoms with Crippen molar-refractivity contribution in [2.75, 3.05) is 6.54 Å². The van der Waals surface area contributed by atoms with Gasteiger partial charge in [-0.3, -0.25) is 0 Å². The van der Waals surface area contributed by atoms with Gasteiger partial charge >= 0.3 is 0 Å². The number of nitrogens with one attached hydrogen (secondary N) is 1. The van der Waals surface area contributed by atoms with E-state index in [1.54, 1.807) is 0 Å². The van der Waals surface area contributed by atoms with Crippen LogP contribution in [-0.4, -0.2) is 6.54 Å². The molecule has 0 bridgehead atoms. The summed E-state index contributed by atoms with van der Waals surface area (Å²) >= 11 is 0. The number of likely N-dealkylation sites (N-methyl/N-ethyl adjacent to an activating group) is 1. The summed E-state index contributed by atoms with van der Waals surface area (Å²) in [6.07, 6.45) is 3.31. The van der Waals surface area contributed by atoms with Crippen LogP contribution in [0.3, 0.4) is 0 Å². The van der Waals surface area contributed by atoms with Crippen molar-refractivity contribution in [2.24, 2.45) is 0 Å². The maximum atomic E-state index is 3.35. The van der Waals surface area contributed by atoms with Crippen LogP contribution >= 0.6 is 0 Å². The van der Waals surface area contributed by atoms with Gasteiger partial charge in [-0.15, -0.1) is 0 Å². The summed E-state index contributed by atoms with van der Waals surface area (Å²) in [6.45, 7) is 3.14. The topological polar surface area (TPSA) is 12.0 Å². The minimum atomic E-state index is 1.01. The maximum absolute atomic E-state index is 3.35. The molecule has 1 aliphatic carbocycles. The molecule has 0 aliphatic heterocycles. The molecule has 0 saturated heterocycles. The molecule has 2 rings (SSSR count). The normalized spacial score (nSPS) is 13.9. The van der Waals surface area contributed by atoms with Gasteiger partial charge in [0.25, 0.3) is 0 Å². The van der Waals surface area contributed by atoms with E-state index in [4.69, 9.17) is 0 Å². The Morgan fingerprint density at radius 3 is 2.92 bits per heavy atom. The molecular formula is C11H13N. The van der Waals surface area contributed by atoms with Crippen LogP contribution in [0.25, 0.3) is 6.08 Å². The maximum Gasteiger partial charge on any atom is 0.0157 e. The molecule has 0 heterocycles. The zero-order valence-electron chi connectivity index (χ0n) is 7.30. The van der Waals surface area contributed by atoms with Crippen molar-refractivity contribution in [2.45, 2.75) is 13.3 Å². The van der Waals surface area contributed by atoms with Gasteiger partial charge in [-0.05, 0) is 24.1 Å². The molecule has 12 heavy (non-hydrogen) atoms. The monoisotopic (exact) mass is 159 g/mol. The van der Waals surface area contributed by atoms with Gasteiger partial charge in [-0.2, -0.15) is 0 Å². The fraction of sp³-hybridized carbons (Fsp3) is 0.273. The Balaban J connectivity index is 2.23. The molecule has 0 fully saturated rings. The van der Waals surface area contributed by atoms with Crippen LogP contribution in [0.1, 0.15) is 18.1 Å². The summed E-state index contributed by atoms with van der Waals surface area (Å²) < 4.78 is 0. The van der Waals surface area contributed by atoms with Crippen LogP contribution < -0.4 is 5.32 Å². The number of allylic oxidation sites excluding steroid dienone is 1. The van der Waals surface area contributed by atoms with E-state index in [-0.39, 0.29) is 0 Å². The van der Waals surface area contributed by atoms with E-state index in [1.807, 2.05) is 0 Å². The number of hydrogen-bond acceptors (Lipinski definition) is 1. The van der Waals surface area contributed by atoms with E-state index in [1.165, 1.54) is 16.8 Å². The third-order valence-electron chi connectivity index (χ3n) is 2.17. The molecule has 0 spiro atoms. The van der Waals surface area contributed by atoms with Gasteiger partial charge in [0.2, 0.25) is 0 Å². The molecule has 0 atom stereocenters. The van der Waals surface area contributed by atoms with Gasteiger partial charge < -0.3 is 5.32 Å². The van der Waals surface area contributed by atoms with Crippen molar-refractivity contribution in [3.8, 4) is 0 Å². The Labute approximate surface area is 73.1 Å². The minimum Gasteiger partial charge on any atom is -0.388 e. The van der Waals surface area contributed by atoms with Gasteiger partial charge in [0.05, 0.1) is 0 Å². The van der Waals surface area contributed by atoms with Crippen molar-refractivity contribution in [1.29, 1.82) is 0 Å². The van der Waals surface area contributed by atoms with Crippen molar-refractivity contribution >= 4 is 6.08 Å². The van der Waals surface area contributed by atoms with E-state index in [2.05, 4.69) is 42.6 Å². The van der Waals surface area contributed by atoms with Gasteiger partial charge in [-0.25, -0.2) is 0 Å². The van der Waals surface area contributed by atoms with Gasteiger partial charge in [0, 0.05) is 18.7 Å². The molecule has 0 saturated carbocycles. The van der Waals surface area contributed by atoms with E-state index in [0.29, 0.717) is 0 Å². The van der Waals surface area contributed by atoms with Gasteiger partial charge in [0.1, 0.15) is 0 Å². The molecule has 62 valence electrons. The SMILES string of the molecule is CCNC1=Cc2ccccc2C1. The lowest BCUT2D eigenvalue weighted by Crippen LogP contribution is -2.11. The molecule has 1 aliphatic rings. The largest absolute Gasteiger partial charge is 0.388 e. The van der Waals surface area contributed by atoms with E-state index < -0.39 is 0 Å². The highest BCUT2D eigenvalue weighted by Gasteiger charge is 2.09. The van der Waals surface area contributed by atoms with Crippen LogP contribution in [0.15, 0.2) is 30.0 Å². The Morgan fingerprint density at radius 2 is 2.17 bits per heavy atom. The number of rotatable bonds is 2. The second kappa shape index (κ2) is 3.02. The molecule has 1 N–H and O–H groups in total. The fourth-order valence-electron chi connectivity index (χ4n) is 1.62. The molecular weight excluding hydrogens is 146 g/mol. The van der Waals surface area contributed by atoms with Crippen LogP contribution in [-0.2, 0) is 6.42 Å². The van der Waals surface area contributed by atoms with Gasteiger partial charge in [0.15, 0.2) is 0 Å². The Morgan fingerprint density at radius 1 is 1.33 bits per heavy atom. The average molecular weight is 159 g/mol.